The van der Waals surface area contributed by atoms with Gasteiger partial charge in [0.25, 0.3) is 0 Å². The van der Waals surface area contributed by atoms with Crippen molar-refractivity contribution in [2.45, 2.75) is 73.3 Å². The van der Waals surface area contributed by atoms with Gasteiger partial charge < -0.3 is 14.9 Å². The summed E-state index contributed by atoms with van der Waals surface area (Å²) in [5.41, 5.74) is 3.27. The Kier molecular flexibility index (Phi) is 14.2. The highest BCUT2D eigenvalue weighted by atomic mass is 16.1. The predicted octanol–water partition coefficient (Wildman–Crippen LogP) is 4.71. The van der Waals surface area contributed by atoms with Crippen LogP contribution in [0.1, 0.15) is 71.4 Å². The number of benzene rings is 1. The molecule has 5 nitrogen and oxygen atoms in total. The van der Waals surface area contributed by atoms with E-state index in [0.717, 1.165) is 25.9 Å². The summed E-state index contributed by atoms with van der Waals surface area (Å²) in [6, 6.07) is 8.82. The smallest absolute Gasteiger partial charge is 0.141 e. The highest BCUT2D eigenvalue weighted by Gasteiger charge is 2.63. The minimum absolute atomic E-state index is 0.0353. The summed E-state index contributed by atoms with van der Waals surface area (Å²) in [6.45, 7) is 19.3. The van der Waals surface area contributed by atoms with E-state index >= 15 is 0 Å². The Hall–Kier alpha value is -1.85. The lowest BCUT2D eigenvalue weighted by atomic mass is 9.69. The maximum atomic E-state index is 11.9. The lowest BCUT2D eigenvalue weighted by Gasteiger charge is -2.36. The van der Waals surface area contributed by atoms with Gasteiger partial charge in [-0.1, -0.05) is 58.9 Å². The second kappa shape index (κ2) is 15.1. The van der Waals surface area contributed by atoms with Crippen LogP contribution >= 0.6 is 0 Å². The van der Waals surface area contributed by atoms with E-state index in [9.17, 15) is 4.79 Å². The van der Waals surface area contributed by atoms with Gasteiger partial charge in [-0.3, -0.25) is 9.69 Å². The zero-order valence-electron chi connectivity index (χ0n) is 21.3. The van der Waals surface area contributed by atoms with Gasteiger partial charge in [0.2, 0.25) is 0 Å². The molecule has 2 unspecified atom stereocenters. The second-order valence-corrected chi connectivity index (χ2v) is 8.99. The third-order valence-corrected chi connectivity index (χ3v) is 7.37. The lowest BCUT2D eigenvalue weighted by Crippen LogP contribution is -2.43. The van der Waals surface area contributed by atoms with Gasteiger partial charge in [-0.25, -0.2) is 0 Å². The molecule has 1 heterocycles. The SMILES string of the molecule is C=O.C=O.CC.CCCN1CCc2ccccc2C1.CNCC12CCC(CC1=O)C2(C)C. The number of hydrogen-bond donors (Lipinski definition) is 1. The Morgan fingerprint density at radius 3 is 2.16 bits per heavy atom. The van der Waals surface area contributed by atoms with Crippen LogP contribution in [0.5, 0.6) is 0 Å². The molecule has 5 heteroatoms. The monoisotopic (exact) mass is 446 g/mol. The van der Waals surface area contributed by atoms with Crippen molar-refractivity contribution in [2.24, 2.45) is 16.7 Å². The highest BCUT2D eigenvalue weighted by molar-refractivity contribution is 5.90. The van der Waals surface area contributed by atoms with E-state index < -0.39 is 0 Å². The lowest BCUT2D eigenvalue weighted by molar-refractivity contribution is -0.129. The van der Waals surface area contributed by atoms with Crippen molar-refractivity contribution in [3.05, 3.63) is 35.4 Å². The van der Waals surface area contributed by atoms with Gasteiger partial charge in [0.1, 0.15) is 19.4 Å². The van der Waals surface area contributed by atoms with Gasteiger partial charge in [-0.05, 0) is 61.7 Å². The summed E-state index contributed by atoms with van der Waals surface area (Å²) in [4.78, 5) is 30.5. The van der Waals surface area contributed by atoms with Crippen LogP contribution in [0.3, 0.4) is 0 Å². The molecule has 1 N–H and O–H groups in total. The number of nitrogens with zero attached hydrogens (tertiary/aromatic N) is 1. The van der Waals surface area contributed by atoms with E-state index in [2.05, 4.69) is 55.3 Å². The second-order valence-electron chi connectivity index (χ2n) is 8.99. The molecule has 3 aliphatic rings. The molecule has 0 saturated heterocycles. The first kappa shape index (κ1) is 30.1. The molecule has 4 rings (SSSR count). The number of hydrogen-bond acceptors (Lipinski definition) is 5. The van der Waals surface area contributed by atoms with Crippen molar-refractivity contribution < 1.29 is 14.4 Å². The fourth-order valence-electron chi connectivity index (χ4n) is 5.55. The molecule has 0 amide bonds. The first-order valence-corrected chi connectivity index (χ1v) is 12.0. The Balaban J connectivity index is 0.000000488. The minimum atomic E-state index is -0.0353. The molecular weight excluding hydrogens is 400 g/mol. The zero-order valence-corrected chi connectivity index (χ0v) is 21.3. The number of Topliss-reactive ketones (excluding diaryl/α,β-unsaturated/α-hetero) is 1. The van der Waals surface area contributed by atoms with Crippen molar-refractivity contribution in [3.63, 3.8) is 0 Å². The maximum Gasteiger partial charge on any atom is 0.141 e. The van der Waals surface area contributed by atoms with E-state index in [1.807, 2.05) is 34.5 Å². The fraction of sp³-hybridized carbons (Fsp3) is 0.667. The Morgan fingerprint density at radius 1 is 1.09 bits per heavy atom. The van der Waals surface area contributed by atoms with Gasteiger partial charge in [-0.2, -0.15) is 0 Å². The Bertz CT molecular complexity index is 675. The van der Waals surface area contributed by atoms with Crippen LogP contribution in [0.2, 0.25) is 0 Å². The fourth-order valence-corrected chi connectivity index (χ4v) is 5.55. The molecule has 1 aromatic carbocycles. The zero-order chi connectivity index (χ0) is 24.8. The quantitative estimate of drug-likeness (QED) is 0.725. The molecule has 182 valence electrons. The first-order valence-electron chi connectivity index (χ1n) is 12.0. The number of carbonyl (C=O) groups is 3. The van der Waals surface area contributed by atoms with E-state index in [-0.39, 0.29) is 10.8 Å². The first-order chi connectivity index (χ1) is 15.4. The normalized spacial score (nSPS) is 24.2. The van der Waals surface area contributed by atoms with Crippen LogP contribution in [0, 0.1) is 16.7 Å². The summed E-state index contributed by atoms with van der Waals surface area (Å²) >= 11 is 0. The maximum absolute atomic E-state index is 11.9. The molecule has 0 aromatic heterocycles. The molecule has 2 atom stereocenters. The van der Waals surface area contributed by atoms with Crippen LogP contribution in [-0.2, 0) is 27.3 Å². The highest BCUT2D eigenvalue weighted by Crippen LogP contribution is 2.63. The standard InChI is InChI=1S/C12H17N.C11H19NO.C2H6.2CH2O/c1-2-8-13-9-7-11-5-3-4-6-12(11)10-13;1-10(2)8-4-5-11(10,7-12-3)9(13)6-8;3*1-2/h3-6H,2,7-10H2,1H3;8,12H,4-7H2,1-3H3;1-2H3;2*1H2. The Labute approximate surface area is 196 Å². The van der Waals surface area contributed by atoms with Gasteiger partial charge in [-0.15, -0.1) is 0 Å². The van der Waals surface area contributed by atoms with Crippen LogP contribution < -0.4 is 5.32 Å². The molecule has 32 heavy (non-hydrogen) atoms. The summed E-state index contributed by atoms with van der Waals surface area (Å²) < 4.78 is 0. The summed E-state index contributed by atoms with van der Waals surface area (Å²) in [5.74, 6) is 1.15. The predicted molar refractivity (Wildman–Crippen MR) is 134 cm³/mol. The molecule has 2 saturated carbocycles. The van der Waals surface area contributed by atoms with Gasteiger partial charge >= 0.3 is 0 Å². The van der Waals surface area contributed by atoms with Crippen LogP contribution in [-0.4, -0.2) is 50.9 Å². The molecule has 1 aliphatic heterocycles. The van der Waals surface area contributed by atoms with Gasteiger partial charge in [0.15, 0.2) is 0 Å². The number of ketones is 1. The van der Waals surface area contributed by atoms with E-state index in [1.54, 1.807) is 5.56 Å². The number of rotatable bonds is 4. The number of fused-ring (bicyclic) bond motifs is 3. The van der Waals surface area contributed by atoms with E-state index in [1.165, 1.54) is 37.9 Å². The average Bonchev–Trinajstić information content (AvgIpc) is 3.19. The molecule has 2 aliphatic carbocycles. The third-order valence-electron chi connectivity index (χ3n) is 7.37. The molecule has 0 radical (unpaired) electrons. The molecule has 2 bridgehead atoms. The van der Waals surface area contributed by atoms with Crippen molar-refractivity contribution in [1.29, 1.82) is 0 Å². The largest absolute Gasteiger partial charge is 0.319 e. The summed E-state index contributed by atoms with van der Waals surface area (Å²) in [7, 11) is 1.95. The van der Waals surface area contributed by atoms with Crippen molar-refractivity contribution in [3.8, 4) is 0 Å². The van der Waals surface area contributed by atoms with Crippen LogP contribution in [0.25, 0.3) is 0 Å². The molecule has 0 spiro atoms. The third kappa shape index (κ3) is 6.58. The van der Waals surface area contributed by atoms with Gasteiger partial charge in [0.05, 0.1) is 0 Å². The summed E-state index contributed by atoms with van der Waals surface area (Å²) in [5, 5.41) is 3.19. The molecular formula is C27H46N2O3. The van der Waals surface area contributed by atoms with Gasteiger partial charge in [0, 0.05) is 31.5 Å². The van der Waals surface area contributed by atoms with Crippen molar-refractivity contribution >= 4 is 19.4 Å². The summed E-state index contributed by atoms with van der Waals surface area (Å²) in [6.07, 6.45) is 5.68. The van der Waals surface area contributed by atoms with Crippen LogP contribution in [0.4, 0.5) is 0 Å². The van der Waals surface area contributed by atoms with Crippen LogP contribution in [0.15, 0.2) is 24.3 Å². The number of carbonyl (C=O) groups excluding carboxylic acids is 3. The van der Waals surface area contributed by atoms with E-state index in [0.29, 0.717) is 11.7 Å². The Morgan fingerprint density at radius 2 is 1.69 bits per heavy atom. The molecule has 1 aromatic rings. The topological polar surface area (TPSA) is 66.5 Å². The molecule has 2 fully saturated rings. The minimum Gasteiger partial charge on any atom is -0.319 e. The van der Waals surface area contributed by atoms with Crippen molar-refractivity contribution in [2.75, 3.05) is 26.7 Å². The van der Waals surface area contributed by atoms with Crippen molar-refractivity contribution in [1.82, 2.24) is 10.2 Å². The van der Waals surface area contributed by atoms with E-state index in [4.69, 9.17) is 9.59 Å². The number of nitrogens with one attached hydrogen (secondary N) is 1. The average molecular weight is 447 g/mol.